The minimum Gasteiger partial charge on any atom is -0.332 e. The lowest BCUT2D eigenvalue weighted by Gasteiger charge is -2.18. The highest BCUT2D eigenvalue weighted by Crippen LogP contribution is 2.26. The van der Waals surface area contributed by atoms with Crippen molar-refractivity contribution in [1.82, 2.24) is 25.1 Å². The molecule has 0 saturated carbocycles. The van der Waals surface area contributed by atoms with Crippen LogP contribution in [0.4, 0.5) is 5.69 Å². The maximum atomic E-state index is 11.9. The van der Waals surface area contributed by atoms with Gasteiger partial charge in [-0.05, 0) is 43.4 Å². The van der Waals surface area contributed by atoms with Crippen molar-refractivity contribution >= 4 is 45.2 Å². The predicted molar refractivity (Wildman–Crippen MR) is 103 cm³/mol. The molecule has 0 aliphatic rings. The Bertz CT molecular complexity index is 936. The first-order chi connectivity index (χ1) is 11.7. The smallest absolute Gasteiger partial charge is 0.234 e. The van der Waals surface area contributed by atoms with Gasteiger partial charge in [-0.3, -0.25) is 4.79 Å². The van der Waals surface area contributed by atoms with Crippen LogP contribution in [0, 0.1) is 12.3 Å². The van der Waals surface area contributed by atoms with Gasteiger partial charge >= 0.3 is 0 Å². The van der Waals surface area contributed by atoms with E-state index in [0.29, 0.717) is 0 Å². The third-order valence-corrected chi connectivity index (χ3v) is 4.60. The van der Waals surface area contributed by atoms with Crippen LogP contribution in [0.3, 0.4) is 0 Å². The van der Waals surface area contributed by atoms with E-state index in [1.165, 1.54) is 11.3 Å². The zero-order chi connectivity index (χ0) is 18.2. The van der Waals surface area contributed by atoms with Crippen LogP contribution in [0.5, 0.6) is 0 Å². The molecule has 7 nitrogen and oxygen atoms in total. The molecular formula is C16H18N6OS2. The van der Waals surface area contributed by atoms with E-state index in [4.69, 9.17) is 12.2 Å². The molecule has 0 spiro atoms. The number of nitrogens with zero attached hydrogens (tertiary/aromatic N) is 4. The summed E-state index contributed by atoms with van der Waals surface area (Å²) in [5, 5.41) is 19.4. The Kier molecular flexibility index (Phi) is 4.53. The van der Waals surface area contributed by atoms with E-state index in [1.54, 1.807) is 4.52 Å². The first-order valence-electron chi connectivity index (χ1n) is 7.66. The number of carbonyl (C=O) groups excluding carboxylic acids is 1. The molecule has 0 saturated heterocycles. The highest BCUT2D eigenvalue weighted by molar-refractivity contribution is 7.80. The van der Waals surface area contributed by atoms with Gasteiger partial charge in [0, 0.05) is 16.7 Å². The molecular weight excluding hydrogens is 356 g/mol. The quantitative estimate of drug-likeness (QED) is 0.671. The number of rotatable bonds is 2. The molecule has 1 amide bonds. The van der Waals surface area contributed by atoms with Gasteiger partial charge < -0.3 is 10.6 Å². The molecule has 25 heavy (non-hydrogen) atoms. The molecule has 0 atom stereocenters. The summed E-state index contributed by atoms with van der Waals surface area (Å²) in [6.07, 6.45) is 0. The average Bonchev–Trinajstić information content (AvgIpc) is 3.09. The van der Waals surface area contributed by atoms with Gasteiger partial charge in [0.05, 0.1) is 0 Å². The molecule has 2 heterocycles. The molecule has 1 aromatic carbocycles. The lowest BCUT2D eigenvalue weighted by Crippen LogP contribution is -2.41. The number of carbonyl (C=O) groups is 1. The molecule has 130 valence electrons. The second kappa shape index (κ2) is 6.49. The molecule has 0 fully saturated rings. The number of hydrogen-bond acceptors (Lipinski definition) is 6. The topological polar surface area (TPSA) is 84.2 Å². The molecule has 0 aliphatic carbocycles. The second-order valence-electron chi connectivity index (χ2n) is 6.58. The number of nitrogens with one attached hydrogen (secondary N) is 2. The van der Waals surface area contributed by atoms with Crippen LogP contribution >= 0.6 is 23.6 Å². The number of aryl methyl sites for hydroxylation is 1. The number of aromatic nitrogens is 4. The van der Waals surface area contributed by atoms with Crippen LogP contribution in [0.25, 0.3) is 15.5 Å². The normalized spacial score (nSPS) is 11.5. The fourth-order valence-electron chi connectivity index (χ4n) is 1.98. The Morgan fingerprint density at radius 1 is 1.20 bits per heavy atom. The van der Waals surface area contributed by atoms with Crippen LogP contribution in [0.1, 0.15) is 26.6 Å². The summed E-state index contributed by atoms with van der Waals surface area (Å²) < 4.78 is 1.73. The van der Waals surface area contributed by atoms with Crippen LogP contribution in [-0.2, 0) is 4.79 Å². The number of anilines is 1. The lowest BCUT2D eigenvalue weighted by atomic mass is 9.96. The van der Waals surface area contributed by atoms with Gasteiger partial charge in [-0.2, -0.15) is 9.61 Å². The van der Waals surface area contributed by atoms with Crippen molar-refractivity contribution in [2.24, 2.45) is 5.41 Å². The Morgan fingerprint density at radius 2 is 1.88 bits per heavy atom. The third kappa shape index (κ3) is 3.83. The Hall–Kier alpha value is -2.39. The second-order valence-corrected chi connectivity index (χ2v) is 7.95. The number of fused-ring (bicyclic) bond motifs is 1. The number of hydrogen-bond donors (Lipinski definition) is 2. The minimum atomic E-state index is -0.495. The summed E-state index contributed by atoms with van der Waals surface area (Å²) in [6.45, 7) is 7.37. The van der Waals surface area contributed by atoms with Crippen LogP contribution in [0.15, 0.2) is 24.3 Å². The fraction of sp³-hybridized carbons (Fsp3) is 0.312. The summed E-state index contributed by atoms with van der Waals surface area (Å²) in [6, 6.07) is 7.66. The van der Waals surface area contributed by atoms with Gasteiger partial charge in [0.15, 0.2) is 10.9 Å². The fourth-order valence-corrected chi connectivity index (χ4v) is 3.08. The van der Waals surface area contributed by atoms with E-state index in [-0.39, 0.29) is 11.0 Å². The Labute approximate surface area is 154 Å². The molecule has 9 heteroatoms. The van der Waals surface area contributed by atoms with Crippen molar-refractivity contribution in [2.75, 3.05) is 5.32 Å². The Morgan fingerprint density at radius 3 is 2.48 bits per heavy atom. The molecule has 2 N–H and O–H groups in total. The third-order valence-electron chi connectivity index (χ3n) is 3.44. The maximum Gasteiger partial charge on any atom is 0.234 e. The highest BCUT2D eigenvalue weighted by Gasteiger charge is 2.22. The summed E-state index contributed by atoms with van der Waals surface area (Å²) in [7, 11) is 0. The van der Waals surface area contributed by atoms with E-state index in [9.17, 15) is 4.79 Å². The zero-order valence-electron chi connectivity index (χ0n) is 14.3. The predicted octanol–water partition coefficient (Wildman–Crippen LogP) is 3.02. The van der Waals surface area contributed by atoms with E-state index in [0.717, 1.165) is 27.0 Å². The van der Waals surface area contributed by atoms with Gasteiger partial charge in [0.2, 0.25) is 10.9 Å². The number of thiocarbonyl (C=S) groups is 1. The van der Waals surface area contributed by atoms with Crippen molar-refractivity contribution in [3.63, 3.8) is 0 Å². The van der Waals surface area contributed by atoms with Crippen LogP contribution in [0.2, 0.25) is 0 Å². The largest absolute Gasteiger partial charge is 0.332 e. The molecule has 0 unspecified atom stereocenters. The minimum absolute atomic E-state index is 0.128. The highest BCUT2D eigenvalue weighted by atomic mass is 32.1. The Balaban J connectivity index is 1.69. The van der Waals surface area contributed by atoms with E-state index >= 15 is 0 Å². The van der Waals surface area contributed by atoms with Gasteiger partial charge in [0.25, 0.3) is 0 Å². The maximum absolute atomic E-state index is 11.9. The van der Waals surface area contributed by atoms with Crippen molar-refractivity contribution in [3.05, 3.63) is 30.1 Å². The standard InChI is InChI=1S/C16H18N6OS2/c1-9-19-20-15-22(9)21-12(25-15)10-5-7-11(8-6-10)17-14(24)18-13(23)16(2,3)4/h5-8H,1-4H3,(H2,17,18,23,24). The summed E-state index contributed by atoms with van der Waals surface area (Å²) in [4.78, 5) is 12.7. The molecule has 3 rings (SSSR count). The number of amides is 1. The van der Waals surface area contributed by atoms with Crippen molar-refractivity contribution in [1.29, 1.82) is 0 Å². The van der Waals surface area contributed by atoms with Gasteiger partial charge in [-0.15, -0.1) is 10.2 Å². The van der Waals surface area contributed by atoms with E-state index in [1.807, 2.05) is 52.0 Å². The van der Waals surface area contributed by atoms with Crippen molar-refractivity contribution < 1.29 is 4.79 Å². The number of benzene rings is 1. The summed E-state index contributed by atoms with van der Waals surface area (Å²) in [5.74, 6) is 0.632. The van der Waals surface area contributed by atoms with Crippen LogP contribution < -0.4 is 10.6 Å². The average molecular weight is 374 g/mol. The summed E-state index contributed by atoms with van der Waals surface area (Å²) >= 11 is 6.66. The van der Waals surface area contributed by atoms with Gasteiger partial charge in [-0.25, -0.2) is 0 Å². The van der Waals surface area contributed by atoms with Crippen LogP contribution in [-0.4, -0.2) is 30.8 Å². The first-order valence-corrected chi connectivity index (χ1v) is 8.88. The molecule has 2 aromatic heterocycles. The monoisotopic (exact) mass is 374 g/mol. The molecule has 3 aromatic rings. The lowest BCUT2D eigenvalue weighted by molar-refractivity contribution is -0.126. The zero-order valence-corrected chi connectivity index (χ0v) is 16.0. The molecule has 0 bridgehead atoms. The SMILES string of the molecule is Cc1nnc2sc(-c3ccc(NC(=S)NC(=O)C(C)(C)C)cc3)nn12. The van der Waals surface area contributed by atoms with E-state index in [2.05, 4.69) is 25.9 Å². The first kappa shape index (κ1) is 17.4. The molecule has 0 aliphatic heterocycles. The van der Waals surface area contributed by atoms with Crippen molar-refractivity contribution in [2.45, 2.75) is 27.7 Å². The van der Waals surface area contributed by atoms with Gasteiger partial charge in [0.1, 0.15) is 5.01 Å². The van der Waals surface area contributed by atoms with Crippen molar-refractivity contribution in [3.8, 4) is 10.6 Å². The van der Waals surface area contributed by atoms with E-state index < -0.39 is 5.41 Å². The summed E-state index contributed by atoms with van der Waals surface area (Å²) in [5.41, 5.74) is 1.28. The van der Waals surface area contributed by atoms with Gasteiger partial charge in [-0.1, -0.05) is 32.1 Å². The molecule has 0 radical (unpaired) electrons.